The van der Waals surface area contributed by atoms with Gasteiger partial charge in [0.05, 0.1) is 4.88 Å². The average Bonchev–Trinajstić information content (AvgIpc) is 2.95. The van der Waals surface area contributed by atoms with Gasteiger partial charge in [0.15, 0.2) is 5.69 Å². The van der Waals surface area contributed by atoms with E-state index in [1.165, 1.54) is 11.3 Å². The van der Waals surface area contributed by atoms with Gasteiger partial charge in [0, 0.05) is 10.7 Å². The van der Waals surface area contributed by atoms with E-state index >= 15 is 0 Å². The Kier molecular flexibility index (Phi) is 3.49. The Morgan fingerprint density at radius 3 is 2.60 bits per heavy atom. The van der Waals surface area contributed by atoms with Gasteiger partial charge in [-0.25, -0.2) is 0 Å². The minimum Gasteiger partial charge on any atom is -0.324 e. The number of thiophene rings is 1. The molecule has 0 radical (unpaired) electrons. The molecule has 0 aliphatic heterocycles. The van der Waals surface area contributed by atoms with Crippen LogP contribution < -0.4 is 10.9 Å². The molecule has 0 unspecified atom stereocenters. The quantitative estimate of drug-likeness (QED) is 0.779. The van der Waals surface area contributed by atoms with Crippen molar-refractivity contribution in [3.63, 3.8) is 0 Å². The van der Waals surface area contributed by atoms with Gasteiger partial charge < -0.3 is 5.32 Å². The van der Waals surface area contributed by atoms with Crippen molar-refractivity contribution in [3.8, 4) is 10.6 Å². The maximum atomic E-state index is 12.0. The third-order valence-corrected chi connectivity index (χ3v) is 3.69. The average molecular weight is 305 g/mol. The summed E-state index contributed by atoms with van der Waals surface area (Å²) in [6.45, 7) is 0. The van der Waals surface area contributed by atoms with Crippen LogP contribution in [0.3, 0.4) is 0 Å². The van der Waals surface area contributed by atoms with Crippen LogP contribution in [-0.2, 0) is 0 Å². The van der Waals surface area contributed by atoms with E-state index in [1.807, 2.05) is 17.5 Å². The highest BCUT2D eigenvalue weighted by molar-refractivity contribution is 7.13. The zero-order valence-electron chi connectivity index (χ0n) is 10.1. The van der Waals surface area contributed by atoms with E-state index in [1.54, 1.807) is 24.3 Å². The second kappa shape index (κ2) is 5.44. The number of hydrogen-bond acceptors (Lipinski definition) is 5. The first kappa shape index (κ1) is 12.8. The van der Waals surface area contributed by atoms with Crippen LogP contribution in [0.1, 0.15) is 0 Å². The summed E-state index contributed by atoms with van der Waals surface area (Å²) in [5, 5.41) is 13.4. The van der Waals surface area contributed by atoms with Crippen molar-refractivity contribution in [1.82, 2.24) is 15.2 Å². The molecule has 0 fully saturated rings. The van der Waals surface area contributed by atoms with Gasteiger partial charge in [0.1, 0.15) is 0 Å². The van der Waals surface area contributed by atoms with Crippen LogP contribution in [0, 0.1) is 0 Å². The molecule has 0 spiro atoms. The van der Waals surface area contributed by atoms with Crippen molar-refractivity contribution in [3.05, 3.63) is 57.2 Å². The third-order valence-electron chi connectivity index (χ3n) is 2.56. The third kappa shape index (κ3) is 2.71. The van der Waals surface area contributed by atoms with Gasteiger partial charge in [0.25, 0.3) is 5.56 Å². The van der Waals surface area contributed by atoms with E-state index in [9.17, 15) is 4.79 Å². The standard InChI is InChI=1S/C13H9ClN4OS/c14-8-3-5-9(6-4-8)15-13-16-12(19)11(17-18-13)10-2-1-7-20-10/h1-7H,(H2,15,16,18,19). The number of benzene rings is 1. The molecule has 0 atom stereocenters. The molecule has 100 valence electrons. The highest BCUT2D eigenvalue weighted by Crippen LogP contribution is 2.19. The maximum absolute atomic E-state index is 12.0. The van der Waals surface area contributed by atoms with Crippen LogP contribution in [-0.4, -0.2) is 15.2 Å². The van der Waals surface area contributed by atoms with Crippen molar-refractivity contribution >= 4 is 34.6 Å². The molecule has 0 saturated heterocycles. The molecule has 3 aromatic rings. The summed E-state index contributed by atoms with van der Waals surface area (Å²) in [6, 6.07) is 10.8. The Morgan fingerprint density at radius 1 is 1.15 bits per heavy atom. The number of aromatic nitrogens is 3. The van der Waals surface area contributed by atoms with Crippen molar-refractivity contribution in [2.45, 2.75) is 0 Å². The number of nitrogens with one attached hydrogen (secondary N) is 2. The minimum absolute atomic E-state index is 0.279. The maximum Gasteiger partial charge on any atom is 0.280 e. The van der Waals surface area contributed by atoms with E-state index in [0.29, 0.717) is 10.7 Å². The summed E-state index contributed by atoms with van der Waals surface area (Å²) in [6.07, 6.45) is 0. The molecule has 1 aromatic carbocycles. The van der Waals surface area contributed by atoms with Gasteiger partial charge >= 0.3 is 0 Å². The molecule has 0 aliphatic rings. The monoisotopic (exact) mass is 304 g/mol. The normalized spacial score (nSPS) is 10.4. The summed E-state index contributed by atoms with van der Waals surface area (Å²) in [5.41, 5.74) is 0.809. The van der Waals surface area contributed by atoms with Gasteiger partial charge in [-0.15, -0.1) is 21.5 Å². The summed E-state index contributed by atoms with van der Waals surface area (Å²) in [5.74, 6) is 0.289. The molecular formula is C13H9ClN4OS. The Bertz CT molecular complexity index is 768. The predicted octanol–water partition coefficient (Wildman–Crippen LogP) is 3.29. The predicted molar refractivity (Wildman–Crippen MR) is 80.7 cm³/mol. The lowest BCUT2D eigenvalue weighted by Crippen LogP contribution is -2.15. The number of aromatic amines is 1. The van der Waals surface area contributed by atoms with E-state index in [-0.39, 0.29) is 11.5 Å². The van der Waals surface area contributed by atoms with Crippen molar-refractivity contribution in [1.29, 1.82) is 0 Å². The van der Waals surface area contributed by atoms with Crippen molar-refractivity contribution in [2.24, 2.45) is 0 Å². The summed E-state index contributed by atoms with van der Waals surface area (Å²) in [7, 11) is 0. The largest absolute Gasteiger partial charge is 0.324 e. The summed E-state index contributed by atoms with van der Waals surface area (Å²) >= 11 is 7.25. The molecular weight excluding hydrogens is 296 g/mol. The zero-order chi connectivity index (χ0) is 13.9. The first-order valence-electron chi connectivity index (χ1n) is 5.76. The molecule has 20 heavy (non-hydrogen) atoms. The first-order chi connectivity index (χ1) is 9.72. The number of anilines is 2. The Morgan fingerprint density at radius 2 is 1.95 bits per heavy atom. The van der Waals surface area contributed by atoms with Crippen LogP contribution in [0.4, 0.5) is 11.6 Å². The smallest absolute Gasteiger partial charge is 0.280 e. The molecule has 0 saturated carbocycles. The van der Waals surface area contributed by atoms with Gasteiger partial charge in [0.2, 0.25) is 5.95 Å². The minimum atomic E-state index is -0.279. The highest BCUT2D eigenvalue weighted by atomic mass is 35.5. The van der Waals surface area contributed by atoms with Gasteiger partial charge in [-0.3, -0.25) is 9.78 Å². The Balaban J connectivity index is 1.87. The topological polar surface area (TPSA) is 70.7 Å². The van der Waals surface area contributed by atoms with Crippen LogP contribution >= 0.6 is 22.9 Å². The van der Waals surface area contributed by atoms with E-state index in [4.69, 9.17) is 11.6 Å². The van der Waals surface area contributed by atoms with E-state index in [0.717, 1.165) is 10.6 Å². The van der Waals surface area contributed by atoms with Crippen LogP contribution in [0.5, 0.6) is 0 Å². The number of halogens is 1. The van der Waals surface area contributed by atoms with Crippen LogP contribution in [0.2, 0.25) is 5.02 Å². The number of hydrogen-bond donors (Lipinski definition) is 2. The summed E-state index contributed by atoms with van der Waals surface area (Å²) < 4.78 is 0. The van der Waals surface area contributed by atoms with Crippen molar-refractivity contribution < 1.29 is 0 Å². The Labute approximate surface area is 123 Å². The SMILES string of the molecule is O=c1[nH]c(Nc2ccc(Cl)cc2)nnc1-c1cccs1. The van der Waals surface area contributed by atoms with Gasteiger partial charge in [-0.05, 0) is 35.7 Å². The number of H-pyrrole nitrogens is 1. The highest BCUT2D eigenvalue weighted by Gasteiger charge is 2.08. The molecule has 0 aliphatic carbocycles. The molecule has 2 heterocycles. The lowest BCUT2D eigenvalue weighted by molar-refractivity contribution is 0.964. The fourth-order valence-electron chi connectivity index (χ4n) is 1.64. The zero-order valence-corrected chi connectivity index (χ0v) is 11.7. The van der Waals surface area contributed by atoms with Crippen LogP contribution in [0.15, 0.2) is 46.6 Å². The van der Waals surface area contributed by atoms with Gasteiger partial charge in [-0.1, -0.05) is 17.7 Å². The second-order valence-electron chi connectivity index (χ2n) is 3.96. The second-order valence-corrected chi connectivity index (χ2v) is 5.34. The molecule has 2 N–H and O–H groups in total. The molecule has 0 bridgehead atoms. The fourth-order valence-corrected chi connectivity index (χ4v) is 2.47. The molecule has 5 nitrogen and oxygen atoms in total. The van der Waals surface area contributed by atoms with Gasteiger partial charge in [-0.2, -0.15) is 0 Å². The molecule has 0 amide bonds. The number of nitrogens with zero attached hydrogens (tertiary/aromatic N) is 2. The Hall–Kier alpha value is -2.18. The van der Waals surface area contributed by atoms with E-state index in [2.05, 4.69) is 20.5 Å². The lowest BCUT2D eigenvalue weighted by atomic mass is 10.3. The molecule has 2 aromatic heterocycles. The van der Waals surface area contributed by atoms with Crippen molar-refractivity contribution in [2.75, 3.05) is 5.32 Å². The van der Waals surface area contributed by atoms with E-state index < -0.39 is 0 Å². The molecule has 7 heteroatoms. The van der Waals surface area contributed by atoms with Crippen LogP contribution in [0.25, 0.3) is 10.6 Å². The molecule has 3 rings (SSSR count). The first-order valence-corrected chi connectivity index (χ1v) is 7.01. The number of rotatable bonds is 3. The lowest BCUT2D eigenvalue weighted by Gasteiger charge is -2.04. The fraction of sp³-hybridized carbons (Fsp3) is 0. The summed E-state index contributed by atoms with van der Waals surface area (Å²) in [4.78, 5) is 15.4.